The summed E-state index contributed by atoms with van der Waals surface area (Å²) in [6.07, 6.45) is 6.43. The number of aryl methyl sites for hydroxylation is 1. The van der Waals surface area contributed by atoms with Gasteiger partial charge in [-0.15, -0.1) is 0 Å². The molecule has 0 aliphatic carbocycles. The Morgan fingerprint density at radius 3 is 2.95 bits per heavy atom. The van der Waals surface area contributed by atoms with E-state index in [4.69, 9.17) is 5.84 Å². The number of hydrogen-bond acceptors (Lipinski definition) is 4. The molecule has 6 nitrogen and oxygen atoms in total. The molecule has 19 heavy (non-hydrogen) atoms. The molecule has 0 radical (unpaired) electrons. The minimum absolute atomic E-state index is 0.00481. The van der Waals surface area contributed by atoms with Crippen LogP contribution in [0.2, 0.25) is 0 Å². The van der Waals surface area contributed by atoms with Crippen LogP contribution in [0.1, 0.15) is 17.3 Å². The molecule has 3 heterocycles. The van der Waals surface area contributed by atoms with Gasteiger partial charge in [0.1, 0.15) is 0 Å². The normalized spacial score (nSPS) is 12.9. The molecule has 3 rings (SSSR count). The number of hydrogen-bond donors (Lipinski definition) is 2. The second-order valence-corrected chi connectivity index (χ2v) is 4.53. The first-order chi connectivity index (χ1) is 9.28. The second-order valence-electron chi connectivity index (χ2n) is 4.53. The van der Waals surface area contributed by atoms with Gasteiger partial charge in [-0.05, 0) is 18.2 Å². The molecule has 0 aliphatic rings. The quantitative estimate of drug-likeness (QED) is 0.535. The molecule has 1 atom stereocenters. The van der Waals surface area contributed by atoms with Crippen molar-refractivity contribution in [2.75, 3.05) is 0 Å². The summed E-state index contributed by atoms with van der Waals surface area (Å²) in [5, 5.41) is 8.71. The molecule has 0 spiro atoms. The highest BCUT2D eigenvalue weighted by molar-refractivity contribution is 5.55. The van der Waals surface area contributed by atoms with Crippen LogP contribution >= 0.6 is 0 Å². The zero-order chi connectivity index (χ0) is 13.2. The highest BCUT2D eigenvalue weighted by Gasteiger charge is 2.16. The molecule has 6 heteroatoms. The minimum Gasteiger partial charge on any atom is -0.276 e. The van der Waals surface area contributed by atoms with Crippen molar-refractivity contribution in [3.05, 3.63) is 54.1 Å². The molecule has 3 aromatic heterocycles. The predicted molar refractivity (Wildman–Crippen MR) is 72.2 cm³/mol. The van der Waals surface area contributed by atoms with E-state index in [9.17, 15) is 0 Å². The fourth-order valence-corrected chi connectivity index (χ4v) is 2.26. The molecule has 0 aliphatic heterocycles. The van der Waals surface area contributed by atoms with Crippen molar-refractivity contribution >= 4 is 5.52 Å². The lowest BCUT2D eigenvalue weighted by molar-refractivity contribution is 0.544. The number of nitrogens with zero attached hydrogens (tertiary/aromatic N) is 4. The Balaban J connectivity index is 1.93. The fraction of sp³-hybridized carbons (Fsp3) is 0.231. The Morgan fingerprint density at radius 2 is 2.21 bits per heavy atom. The topological polar surface area (TPSA) is 73.2 Å². The van der Waals surface area contributed by atoms with Gasteiger partial charge in [0.15, 0.2) is 0 Å². The number of nitrogens with two attached hydrogens (primary N) is 1. The van der Waals surface area contributed by atoms with Crippen molar-refractivity contribution in [3.63, 3.8) is 0 Å². The lowest BCUT2D eigenvalue weighted by Crippen LogP contribution is -2.29. The van der Waals surface area contributed by atoms with Crippen molar-refractivity contribution in [1.82, 2.24) is 24.8 Å². The van der Waals surface area contributed by atoms with Crippen LogP contribution in [0.15, 0.2) is 42.9 Å². The number of aromatic nitrogens is 4. The van der Waals surface area contributed by atoms with Gasteiger partial charge in [-0.2, -0.15) is 10.2 Å². The summed E-state index contributed by atoms with van der Waals surface area (Å²) >= 11 is 0. The van der Waals surface area contributed by atoms with Gasteiger partial charge in [0, 0.05) is 31.4 Å². The van der Waals surface area contributed by atoms with Gasteiger partial charge in [0.05, 0.1) is 23.4 Å². The summed E-state index contributed by atoms with van der Waals surface area (Å²) in [6, 6.07) is 7.97. The van der Waals surface area contributed by atoms with E-state index in [1.165, 1.54) is 0 Å². The maximum Gasteiger partial charge on any atom is 0.0710 e. The molecular formula is C13H16N6. The first-order valence-corrected chi connectivity index (χ1v) is 6.15. The average molecular weight is 256 g/mol. The largest absolute Gasteiger partial charge is 0.276 e. The van der Waals surface area contributed by atoms with Gasteiger partial charge in [0.25, 0.3) is 0 Å². The van der Waals surface area contributed by atoms with E-state index < -0.39 is 0 Å². The van der Waals surface area contributed by atoms with E-state index in [2.05, 4.69) is 15.6 Å². The smallest absolute Gasteiger partial charge is 0.0710 e. The van der Waals surface area contributed by atoms with Gasteiger partial charge < -0.3 is 0 Å². The van der Waals surface area contributed by atoms with Crippen LogP contribution in [0.4, 0.5) is 0 Å². The first kappa shape index (κ1) is 11.9. The fourth-order valence-electron chi connectivity index (χ4n) is 2.26. The molecule has 0 amide bonds. The summed E-state index contributed by atoms with van der Waals surface area (Å²) in [6.45, 7) is 0. The lowest BCUT2D eigenvalue weighted by atomic mass is 10.0. The lowest BCUT2D eigenvalue weighted by Gasteiger charge is -2.13. The van der Waals surface area contributed by atoms with Crippen molar-refractivity contribution in [1.29, 1.82) is 0 Å². The zero-order valence-electron chi connectivity index (χ0n) is 10.7. The third kappa shape index (κ3) is 2.23. The van der Waals surface area contributed by atoms with E-state index in [0.717, 1.165) is 23.2 Å². The van der Waals surface area contributed by atoms with Crippen molar-refractivity contribution in [3.8, 4) is 0 Å². The number of pyridine rings is 1. The van der Waals surface area contributed by atoms with Crippen LogP contribution in [-0.4, -0.2) is 19.4 Å². The van der Waals surface area contributed by atoms with E-state index >= 15 is 0 Å². The van der Waals surface area contributed by atoms with Crippen LogP contribution in [0.25, 0.3) is 5.52 Å². The maximum atomic E-state index is 5.69. The highest BCUT2D eigenvalue weighted by Crippen LogP contribution is 2.21. The number of nitrogens with one attached hydrogen (secondary N) is 1. The van der Waals surface area contributed by atoms with Gasteiger partial charge in [-0.3, -0.25) is 16.0 Å². The van der Waals surface area contributed by atoms with Gasteiger partial charge in [-0.1, -0.05) is 6.07 Å². The summed E-state index contributed by atoms with van der Waals surface area (Å²) < 4.78 is 3.64. The van der Waals surface area contributed by atoms with Crippen LogP contribution in [-0.2, 0) is 13.5 Å². The Bertz CT molecular complexity index is 683. The molecule has 3 N–H and O–H groups in total. The second kappa shape index (κ2) is 4.83. The van der Waals surface area contributed by atoms with E-state index in [1.807, 2.05) is 54.4 Å². The number of hydrazine groups is 1. The molecule has 0 bridgehead atoms. The van der Waals surface area contributed by atoms with E-state index in [0.29, 0.717) is 0 Å². The molecular weight excluding hydrogens is 240 g/mol. The molecule has 0 saturated heterocycles. The molecule has 0 aromatic carbocycles. The summed E-state index contributed by atoms with van der Waals surface area (Å²) in [4.78, 5) is 0. The third-order valence-corrected chi connectivity index (χ3v) is 3.21. The van der Waals surface area contributed by atoms with Crippen LogP contribution < -0.4 is 11.3 Å². The van der Waals surface area contributed by atoms with Crippen LogP contribution in [0.3, 0.4) is 0 Å². The molecule has 0 saturated carbocycles. The van der Waals surface area contributed by atoms with Crippen LogP contribution in [0.5, 0.6) is 0 Å². The van der Waals surface area contributed by atoms with Gasteiger partial charge in [-0.25, -0.2) is 4.52 Å². The summed E-state index contributed by atoms with van der Waals surface area (Å²) in [5.41, 5.74) is 5.99. The summed E-state index contributed by atoms with van der Waals surface area (Å²) in [7, 11) is 1.91. The predicted octanol–water partition coefficient (Wildman–Crippen LogP) is 0.815. The SMILES string of the molecule is Cn1ccc(CC(NN)c2cnn3ccccc23)n1. The molecule has 98 valence electrons. The Kier molecular flexibility index (Phi) is 3.02. The van der Waals surface area contributed by atoms with Crippen LogP contribution in [0, 0.1) is 0 Å². The number of fused-ring (bicyclic) bond motifs is 1. The minimum atomic E-state index is -0.00481. The Labute approximate surface area is 110 Å². The third-order valence-electron chi connectivity index (χ3n) is 3.21. The standard InChI is InChI=1S/C13H16N6/c1-18-7-5-10(17-18)8-12(16-14)11-9-15-19-6-3-2-4-13(11)19/h2-7,9,12,16H,8,14H2,1H3. The van der Waals surface area contributed by atoms with E-state index in [-0.39, 0.29) is 6.04 Å². The van der Waals surface area contributed by atoms with Gasteiger partial charge >= 0.3 is 0 Å². The Hall–Kier alpha value is -2.18. The highest BCUT2D eigenvalue weighted by atomic mass is 15.3. The Morgan fingerprint density at radius 1 is 1.32 bits per heavy atom. The molecule has 1 unspecified atom stereocenters. The zero-order valence-corrected chi connectivity index (χ0v) is 10.7. The van der Waals surface area contributed by atoms with Crippen molar-refractivity contribution < 1.29 is 0 Å². The monoisotopic (exact) mass is 256 g/mol. The summed E-state index contributed by atoms with van der Waals surface area (Å²) in [5.74, 6) is 5.69. The van der Waals surface area contributed by atoms with Crippen molar-refractivity contribution in [2.45, 2.75) is 12.5 Å². The average Bonchev–Trinajstić information content (AvgIpc) is 3.02. The maximum absolute atomic E-state index is 5.69. The van der Waals surface area contributed by atoms with Gasteiger partial charge in [0.2, 0.25) is 0 Å². The first-order valence-electron chi connectivity index (χ1n) is 6.15. The molecule has 0 fully saturated rings. The number of rotatable bonds is 4. The van der Waals surface area contributed by atoms with E-state index in [1.54, 1.807) is 4.68 Å². The van der Waals surface area contributed by atoms with Crippen molar-refractivity contribution in [2.24, 2.45) is 12.9 Å². The molecule has 3 aromatic rings.